The number of aliphatic hydroxyl groups excluding tert-OH is 1. The van der Waals surface area contributed by atoms with Gasteiger partial charge in [-0.3, -0.25) is 0 Å². The molecule has 0 spiro atoms. The highest BCUT2D eigenvalue weighted by molar-refractivity contribution is 9.10. The fourth-order valence-electron chi connectivity index (χ4n) is 1.47. The zero-order valence-corrected chi connectivity index (χ0v) is 10.1. The van der Waals surface area contributed by atoms with Gasteiger partial charge in [0.25, 0.3) is 0 Å². The topological polar surface area (TPSA) is 20.2 Å². The van der Waals surface area contributed by atoms with Crippen LogP contribution < -0.4 is 0 Å². The van der Waals surface area contributed by atoms with E-state index < -0.39 is 0 Å². The van der Waals surface area contributed by atoms with Crippen LogP contribution in [0, 0.1) is 0 Å². The van der Waals surface area contributed by atoms with Crippen LogP contribution in [0.15, 0.2) is 28.7 Å². The zero-order valence-electron chi connectivity index (χ0n) is 8.54. The van der Waals surface area contributed by atoms with Gasteiger partial charge in [-0.25, -0.2) is 0 Å². The van der Waals surface area contributed by atoms with Gasteiger partial charge in [0, 0.05) is 4.47 Å². The predicted octanol–water partition coefficient (Wildman–Crippen LogP) is 4.06. The Labute approximate surface area is 94.3 Å². The molecule has 0 amide bonds. The first-order valence-electron chi connectivity index (χ1n) is 5.17. The fourth-order valence-corrected chi connectivity index (χ4v) is 1.89. The van der Waals surface area contributed by atoms with Crippen LogP contribution in [-0.2, 0) is 0 Å². The number of hydrogen-bond donors (Lipinski definition) is 1. The maximum absolute atomic E-state index is 9.85. The molecule has 78 valence electrons. The summed E-state index contributed by atoms with van der Waals surface area (Å²) in [5.41, 5.74) is 1.01. The van der Waals surface area contributed by atoms with Crippen molar-refractivity contribution in [2.45, 2.75) is 38.7 Å². The molecule has 1 aromatic carbocycles. The van der Waals surface area contributed by atoms with Gasteiger partial charge in [0.05, 0.1) is 6.10 Å². The summed E-state index contributed by atoms with van der Waals surface area (Å²) in [6, 6.07) is 7.89. The molecule has 1 nitrogen and oxygen atoms in total. The van der Waals surface area contributed by atoms with Crippen molar-refractivity contribution in [3.05, 3.63) is 34.3 Å². The zero-order chi connectivity index (χ0) is 10.4. The summed E-state index contributed by atoms with van der Waals surface area (Å²) in [5, 5.41) is 9.85. The molecule has 0 saturated heterocycles. The quantitative estimate of drug-likeness (QED) is 0.788. The molecule has 0 radical (unpaired) electrons. The molecule has 1 N–H and O–H groups in total. The first-order valence-corrected chi connectivity index (χ1v) is 5.97. The molecule has 1 atom stereocenters. The van der Waals surface area contributed by atoms with Crippen LogP contribution in [0.1, 0.15) is 44.3 Å². The van der Waals surface area contributed by atoms with Gasteiger partial charge >= 0.3 is 0 Å². The Morgan fingerprint density at radius 3 is 2.79 bits per heavy atom. The van der Waals surface area contributed by atoms with Crippen LogP contribution in [-0.4, -0.2) is 5.11 Å². The lowest BCUT2D eigenvalue weighted by molar-refractivity contribution is 0.163. The van der Waals surface area contributed by atoms with Gasteiger partial charge in [-0.15, -0.1) is 0 Å². The van der Waals surface area contributed by atoms with E-state index in [4.69, 9.17) is 0 Å². The van der Waals surface area contributed by atoms with Crippen molar-refractivity contribution in [1.29, 1.82) is 0 Å². The molecule has 1 aromatic rings. The third-order valence-corrected chi connectivity index (χ3v) is 2.81. The fraction of sp³-hybridized carbons (Fsp3) is 0.500. The minimum Gasteiger partial charge on any atom is -0.388 e. The molecule has 14 heavy (non-hydrogen) atoms. The van der Waals surface area contributed by atoms with Gasteiger partial charge < -0.3 is 5.11 Å². The third-order valence-electron chi connectivity index (χ3n) is 2.31. The van der Waals surface area contributed by atoms with Crippen LogP contribution in [0.4, 0.5) is 0 Å². The monoisotopic (exact) mass is 256 g/mol. The van der Waals surface area contributed by atoms with Gasteiger partial charge in [0.2, 0.25) is 0 Å². The molecule has 2 heteroatoms. The Kier molecular flexibility index (Phi) is 5.20. The van der Waals surface area contributed by atoms with E-state index in [1.807, 2.05) is 24.3 Å². The average Bonchev–Trinajstić information content (AvgIpc) is 2.18. The van der Waals surface area contributed by atoms with Crippen LogP contribution in [0.2, 0.25) is 0 Å². The molecule has 0 aliphatic heterocycles. The van der Waals surface area contributed by atoms with E-state index in [0.29, 0.717) is 0 Å². The number of aliphatic hydroxyl groups is 1. The molecule has 0 aliphatic rings. The van der Waals surface area contributed by atoms with E-state index in [9.17, 15) is 5.11 Å². The Hall–Kier alpha value is -0.340. The third kappa shape index (κ3) is 3.81. The molecule has 0 bridgehead atoms. The molecule has 0 heterocycles. The summed E-state index contributed by atoms with van der Waals surface area (Å²) < 4.78 is 1.03. The van der Waals surface area contributed by atoms with E-state index in [-0.39, 0.29) is 6.10 Å². The molecular formula is C12H17BrO. The van der Waals surface area contributed by atoms with Crippen molar-refractivity contribution in [3.8, 4) is 0 Å². The van der Waals surface area contributed by atoms with Gasteiger partial charge in [0.15, 0.2) is 0 Å². The van der Waals surface area contributed by atoms with E-state index in [1.165, 1.54) is 12.8 Å². The molecule has 0 aromatic heterocycles. The first kappa shape index (κ1) is 11.7. The normalized spacial score (nSPS) is 12.8. The Morgan fingerprint density at radius 1 is 1.36 bits per heavy atom. The van der Waals surface area contributed by atoms with E-state index in [0.717, 1.165) is 22.9 Å². The largest absolute Gasteiger partial charge is 0.388 e. The van der Waals surface area contributed by atoms with Gasteiger partial charge in [-0.1, -0.05) is 54.2 Å². The van der Waals surface area contributed by atoms with E-state index in [2.05, 4.69) is 22.9 Å². The Bertz CT molecular complexity index is 273. The SMILES string of the molecule is CCCCCC(O)c1cccc(Br)c1. The Morgan fingerprint density at radius 2 is 2.14 bits per heavy atom. The van der Waals surface area contributed by atoms with Crippen LogP contribution >= 0.6 is 15.9 Å². The second kappa shape index (κ2) is 6.20. The van der Waals surface area contributed by atoms with Crippen molar-refractivity contribution in [3.63, 3.8) is 0 Å². The highest BCUT2D eigenvalue weighted by Crippen LogP contribution is 2.22. The number of hydrogen-bond acceptors (Lipinski definition) is 1. The lowest BCUT2D eigenvalue weighted by Crippen LogP contribution is -1.96. The molecule has 1 rings (SSSR count). The summed E-state index contributed by atoms with van der Waals surface area (Å²) in [4.78, 5) is 0. The number of halogens is 1. The van der Waals surface area contributed by atoms with Gasteiger partial charge in [-0.05, 0) is 24.1 Å². The Balaban J connectivity index is 2.47. The van der Waals surface area contributed by atoms with Crippen molar-refractivity contribution in [2.24, 2.45) is 0 Å². The maximum atomic E-state index is 9.85. The van der Waals surface area contributed by atoms with Crippen molar-refractivity contribution >= 4 is 15.9 Å². The summed E-state index contributed by atoms with van der Waals surface area (Å²) >= 11 is 3.40. The minimum absolute atomic E-state index is 0.306. The molecule has 0 aliphatic carbocycles. The number of benzene rings is 1. The second-order valence-corrected chi connectivity index (χ2v) is 4.48. The standard InChI is InChI=1S/C12H17BrO/c1-2-3-4-8-12(14)10-6-5-7-11(13)9-10/h5-7,9,12,14H,2-4,8H2,1H3. The van der Waals surface area contributed by atoms with Crippen LogP contribution in [0.5, 0.6) is 0 Å². The molecular weight excluding hydrogens is 240 g/mol. The highest BCUT2D eigenvalue weighted by atomic mass is 79.9. The smallest absolute Gasteiger partial charge is 0.0790 e. The number of unbranched alkanes of at least 4 members (excludes halogenated alkanes) is 2. The predicted molar refractivity (Wildman–Crippen MR) is 63.2 cm³/mol. The van der Waals surface area contributed by atoms with Crippen LogP contribution in [0.25, 0.3) is 0 Å². The second-order valence-electron chi connectivity index (χ2n) is 3.57. The summed E-state index contributed by atoms with van der Waals surface area (Å²) in [6.07, 6.45) is 4.06. The molecule has 0 saturated carbocycles. The van der Waals surface area contributed by atoms with Gasteiger partial charge in [-0.2, -0.15) is 0 Å². The van der Waals surface area contributed by atoms with Crippen LogP contribution in [0.3, 0.4) is 0 Å². The van der Waals surface area contributed by atoms with Gasteiger partial charge in [0.1, 0.15) is 0 Å². The van der Waals surface area contributed by atoms with Crippen molar-refractivity contribution < 1.29 is 5.11 Å². The van der Waals surface area contributed by atoms with Crippen molar-refractivity contribution in [1.82, 2.24) is 0 Å². The molecule has 0 fully saturated rings. The lowest BCUT2D eigenvalue weighted by atomic mass is 10.0. The summed E-state index contributed by atoms with van der Waals surface area (Å²) in [7, 11) is 0. The summed E-state index contributed by atoms with van der Waals surface area (Å²) in [5.74, 6) is 0. The van der Waals surface area contributed by atoms with E-state index >= 15 is 0 Å². The molecule has 1 unspecified atom stereocenters. The van der Waals surface area contributed by atoms with E-state index in [1.54, 1.807) is 0 Å². The average molecular weight is 257 g/mol. The maximum Gasteiger partial charge on any atom is 0.0790 e. The van der Waals surface area contributed by atoms with Crippen molar-refractivity contribution in [2.75, 3.05) is 0 Å². The first-order chi connectivity index (χ1) is 6.74. The summed E-state index contributed by atoms with van der Waals surface area (Å²) in [6.45, 7) is 2.17. The number of rotatable bonds is 5. The highest BCUT2D eigenvalue weighted by Gasteiger charge is 2.06. The minimum atomic E-state index is -0.306. The lowest BCUT2D eigenvalue weighted by Gasteiger charge is -2.10.